The summed E-state index contributed by atoms with van der Waals surface area (Å²) < 4.78 is 14.1. The van der Waals surface area contributed by atoms with Crippen LogP contribution in [0.5, 0.6) is 0 Å². The van der Waals surface area contributed by atoms with Crippen molar-refractivity contribution in [1.29, 1.82) is 0 Å². The molecule has 1 aromatic carbocycles. The van der Waals surface area contributed by atoms with Crippen LogP contribution in [0.4, 0.5) is 4.39 Å². The molecule has 0 aliphatic rings. The molecule has 1 heteroatoms. The maximum Gasteiger partial charge on any atom is 0.129 e. The van der Waals surface area contributed by atoms with Gasteiger partial charge in [-0.2, -0.15) is 0 Å². The molecule has 0 bridgehead atoms. The average molecular weight is 222 g/mol. The number of benzene rings is 1. The molecule has 0 aliphatic heterocycles. The monoisotopic (exact) mass is 222 g/mol. The molecule has 16 heavy (non-hydrogen) atoms. The van der Waals surface area contributed by atoms with Crippen molar-refractivity contribution in [3.05, 3.63) is 34.6 Å². The SMILES string of the molecule is Cc1cc(C(C)(C)C)cc(C(C)(C)C)c1F. The minimum absolute atomic E-state index is 0.0551. The van der Waals surface area contributed by atoms with Crippen molar-refractivity contribution in [2.75, 3.05) is 0 Å². The molecule has 0 aliphatic carbocycles. The van der Waals surface area contributed by atoms with Gasteiger partial charge in [0.15, 0.2) is 0 Å². The van der Waals surface area contributed by atoms with Gasteiger partial charge in [0.1, 0.15) is 5.82 Å². The third-order valence-electron chi connectivity index (χ3n) is 2.93. The first-order chi connectivity index (χ1) is 7.03. The van der Waals surface area contributed by atoms with Gasteiger partial charge in [0.25, 0.3) is 0 Å². The molecule has 0 atom stereocenters. The molecule has 0 aromatic heterocycles. The Morgan fingerprint density at radius 3 is 1.75 bits per heavy atom. The molecule has 1 rings (SSSR count). The van der Waals surface area contributed by atoms with E-state index in [1.54, 1.807) is 0 Å². The second-order valence-electron chi connectivity index (χ2n) is 6.65. The maximum atomic E-state index is 14.1. The van der Waals surface area contributed by atoms with Crippen LogP contribution in [-0.2, 0) is 10.8 Å². The van der Waals surface area contributed by atoms with E-state index >= 15 is 0 Å². The van der Waals surface area contributed by atoms with E-state index < -0.39 is 0 Å². The first-order valence-corrected chi connectivity index (χ1v) is 5.84. The lowest BCUT2D eigenvalue weighted by molar-refractivity contribution is 0.510. The molecule has 0 heterocycles. The number of hydrogen-bond acceptors (Lipinski definition) is 0. The maximum absolute atomic E-state index is 14.1. The number of halogens is 1. The molecule has 90 valence electrons. The van der Waals surface area contributed by atoms with Crippen LogP contribution in [0.1, 0.15) is 58.2 Å². The molecule has 0 radical (unpaired) electrons. The zero-order valence-electron chi connectivity index (χ0n) is 11.5. The van der Waals surface area contributed by atoms with Crippen LogP contribution in [0.3, 0.4) is 0 Å². The van der Waals surface area contributed by atoms with Gasteiger partial charge in [-0.1, -0.05) is 53.7 Å². The zero-order chi connectivity index (χ0) is 12.7. The van der Waals surface area contributed by atoms with Crippen LogP contribution in [0.25, 0.3) is 0 Å². The molecule has 0 saturated carbocycles. The van der Waals surface area contributed by atoms with Gasteiger partial charge in [0.05, 0.1) is 0 Å². The molecular weight excluding hydrogens is 199 g/mol. The first-order valence-electron chi connectivity index (χ1n) is 5.84. The molecule has 0 spiro atoms. The number of aryl methyl sites for hydroxylation is 1. The van der Waals surface area contributed by atoms with E-state index in [4.69, 9.17) is 0 Å². The van der Waals surface area contributed by atoms with Crippen molar-refractivity contribution in [1.82, 2.24) is 0 Å². The Morgan fingerprint density at radius 1 is 0.875 bits per heavy atom. The van der Waals surface area contributed by atoms with E-state index in [1.807, 2.05) is 19.1 Å². The highest BCUT2D eigenvalue weighted by atomic mass is 19.1. The van der Waals surface area contributed by atoms with E-state index in [0.29, 0.717) is 0 Å². The quantitative estimate of drug-likeness (QED) is 0.595. The zero-order valence-corrected chi connectivity index (χ0v) is 11.5. The van der Waals surface area contributed by atoms with Crippen molar-refractivity contribution in [2.45, 2.75) is 59.3 Å². The van der Waals surface area contributed by atoms with Gasteiger partial charge in [-0.15, -0.1) is 0 Å². The number of rotatable bonds is 0. The first kappa shape index (κ1) is 13.2. The van der Waals surface area contributed by atoms with Gasteiger partial charge >= 0.3 is 0 Å². The summed E-state index contributed by atoms with van der Waals surface area (Å²) in [6.45, 7) is 14.5. The summed E-state index contributed by atoms with van der Waals surface area (Å²) in [7, 11) is 0. The van der Waals surface area contributed by atoms with Crippen LogP contribution in [0, 0.1) is 12.7 Å². The topological polar surface area (TPSA) is 0 Å². The second-order valence-corrected chi connectivity index (χ2v) is 6.65. The lowest BCUT2D eigenvalue weighted by Crippen LogP contribution is -2.18. The summed E-state index contributed by atoms with van der Waals surface area (Å²) in [4.78, 5) is 0. The predicted molar refractivity (Wildman–Crippen MR) is 68.5 cm³/mol. The van der Waals surface area contributed by atoms with Crippen molar-refractivity contribution in [3.63, 3.8) is 0 Å². The third-order valence-corrected chi connectivity index (χ3v) is 2.93. The fourth-order valence-corrected chi connectivity index (χ4v) is 1.75. The Hall–Kier alpha value is -0.850. The van der Waals surface area contributed by atoms with E-state index in [-0.39, 0.29) is 16.6 Å². The van der Waals surface area contributed by atoms with Crippen molar-refractivity contribution in [3.8, 4) is 0 Å². The van der Waals surface area contributed by atoms with Gasteiger partial charge < -0.3 is 0 Å². The lowest BCUT2D eigenvalue weighted by atomic mass is 9.79. The standard InChI is InChI=1S/C15H23F/c1-10-8-11(14(2,3)4)9-12(13(10)16)15(5,6)7/h8-9H,1-7H3. The summed E-state index contributed by atoms with van der Waals surface area (Å²) in [5, 5.41) is 0. The molecule has 0 amide bonds. The fourth-order valence-electron chi connectivity index (χ4n) is 1.75. The molecule has 1 aromatic rings. The van der Waals surface area contributed by atoms with E-state index in [1.165, 1.54) is 5.56 Å². The van der Waals surface area contributed by atoms with Crippen molar-refractivity contribution >= 4 is 0 Å². The normalized spacial score (nSPS) is 13.0. The van der Waals surface area contributed by atoms with Gasteiger partial charge in [-0.05, 0) is 34.4 Å². The van der Waals surface area contributed by atoms with E-state index in [2.05, 4.69) is 41.5 Å². The van der Waals surface area contributed by atoms with E-state index in [9.17, 15) is 4.39 Å². The van der Waals surface area contributed by atoms with Crippen molar-refractivity contribution in [2.24, 2.45) is 0 Å². The second kappa shape index (κ2) is 3.87. The fraction of sp³-hybridized carbons (Fsp3) is 0.600. The van der Waals surface area contributed by atoms with Crippen LogP contribution in [0.2, 0.25) is 0 Å². The van der Waals surface area contributed by atoms with Gasteiger partial charge in [0.2, 0.25) is 0 Å². The van der Waals surface area contributed by atoms with Crippen LogP contribution >= 0.6 is 0 Å². The Labute approximate surface area is 98.9 Å². The minimum atomic E-state index is -0.143. The highest BCUT2D eigenvalue weighted by Gasteiger charge is 2.23. The molecule has 0 fully saturated rings. The summed E-state index contributed by atoms with van der Waals surface area (Å²) in [5.74, 6) is -0.0551. The Morgan fingerprint density at radius 2 is 1.38 bits per heavy atom. The van der Waals surface area contributed by atoms with E-state index in [0.717, 1.165) is 11.1 Å². The molecule has 0 N–H and O–H groups in total. The summed E-state index contributed by atoms with van der Waals surface area (Å²) in [6.07, 6.45) is 0. The highest BCUT2D eigenvalue weighted by molar-refractivity contribution is 5.38. The largest absolute Gasteiger partial charge is 0.206 e. The Bertz CT molecular complexity index is 389. The van der Waals surface area contributed by atoms with Crippen molar-refractivity contribution < 1.29 is 4.39 Å². The molecular formula is C15H23F. The summed E-state index contributed by atoms with van der Waals surface area (Å²) in [6, 6.07) is 3.98. The average Bonchev–Trinajstić information content (AvgIpc) is 2.05. The smallest absolute Gasteiger partial charge is 0.129 e. The van der Waals surface area contributed by atoms with Crippen LogP contribution in [0.15, 0.2) is 12.1 Å². The highest BCUT2D eigenvalue weighted by Crippen LogP contribution is 2.32. The van der Waals surface area contributed by atoms with Gasteiger partial charge in [0, 0.05) is 0 Å². The lowest BCUT2D eigenvalue weighted by Gasteiger charge is -2.26. The van der Waals surface area contributed by atoms with Gasteiger partial charge in [-0.3, -0.25) is 0 Å². The third kappa shape index (κ3) is 2.63. The number of hydrogen-bond donors (Lipinski definition) is 0. The van der Waals surface area contributed by atoms with Gasteiger partial charge in [-0.25, -0.2) is 4.39 Å². The Balaban J connectivity index is 3.46. The molecule has 0 nitrogen and oxygen atoms in total. The summed E-state index contributed by atoms with van der Waals surface area (Å²) >= 11 is 0. The van der Waals surface area contributed by atoms with Crippen LogP contribution in [-0.4, -0.2) is 0 Å². The Kier molecular flexibility index (Phi) is 3.20. The molecule has 0 saturated heterocycles. The van der Waals surface area contributed by atoms with Crippen LogP contribution < -0.4 is 0 Å². The minimum Gasteiger partial charge on any atom is -0.206 e. The summed E-state index contributed by atoms with van der Waals surface area (Å²) in [5.41, 5.74) is 2.69. The predicted octanol–water partition coefficient (Wildman–Crippen LogP) is 4.73. The molecule has 0 unspecified atom stereocenters.